The number of hydrogen-bond acceptors (Lipinski definition) is 2. The van der Waals surface area contributed by atoms with Crippen molar-refractivity contribution in [2.24, 2.45) is 0 Å². The minimum Gasteiger partial charge on any atom is -0.660 e. The van der Waals surface area contributed by atoms with Crippen molar-refractivity contribution in [1.82, 2.24) is 9.97 Å². The van der Waals surface area contributed by atoms with Crippen LogP contribution in [0.3, 0.4) is 0 Å². The molecule has 0 aliphatic carbocycles. The van der Waals surface area contributed by atoms with E-state index in [0.717, 1.165) is 11.4 Å². The minimum atomic E-state index is 0.660. The van der Waals surface area contributed by atoms with Gasteiger partial charge >= 0.3 is 0 Å². The lowest BCUT2D eigenvalue weighted by molar-refractivity contribution is 0.999. The maximum atomic E-state index is 4.11. The number of rotatable bonds is 2. The van der Waals surface area contributed by atoms with Crippen LogP contribution in [0, 0.1) is 6.92 Å². The summed E-state index contributed by atoms with van der Waals surface area (Å²) in [5.41, 5.74) is 1.87. The van der Waals surface area contributed by atoms with Gasteiger partial charge in [0.05, 0.1) is 5.69 Å². The molecule has 0 unspecified atom stereocenters. The van der Waals surface area contributed by atoms with E-state index >= 15 is 0 Å². The Morgan fingerprint density at radius 3 is 2.70 bits per heavy atom. The third-order valence-electron chi connectivity index (χ3n) is 1.15. The predicted octanol–water partition coefficient (Wildman–Crippen LogP) is 1.29. The van der Waals surface area contributed by atoms with Crippen molar-refractivity contribution in [2.75, 3.05) is 7.05 Å². The monoisotopic (exact) mass is 136 g/mol. The molecule has 0 amide bonds. The molecular formula is C7H10N3-. The Hall–Kier alpha value is -0.960. The summed E-state index contributed by atoms with van der Waals surface area (Å²) in [4.78, 5) is 8.19. The zero-order valence-corrected chi connectivity index (χ0v) is 6.20. The molecule has 0 N–H and O–H groups in total. The maximum absolute atomic E-state index is 4.11. The van der Waals surface area contributed by atoms with Crippen LogP contribution in [-0.2, 0) is 6.54 Å². The molecule has 1 aromatic rings. The summed E-state index contributed by atoms with van der Waals surface area (Å²) in [5.74, 6) is 0. The third-order valence-corrected chi connectivity index (χ3v) is 1.15. The fraction of sp³-hybridized carbons (Fsp3) is 0.429. The van der Waals surface area contributed by atoms with Crippen LogP contribution in [-0.4, -0.2) is 17.0 Å². The highest BCUT2D eigenvalue weighted by molar-refractivity contribution is 5.03. The van der Waals surface area contributed by atoms with Gasteiger partial charge in [-0.05, 0) is 6.92 Å². The molecule has 0 fully saturated rings. The van der Waals surface area contributed by atoms with Gasteiger partial charge in [0, 0.05) is 18.1 Å². The van der Waals surface area contributed by atoms with E-state index in [2.05, 4.69) is 15.3 Å². The van der Waals surface area contributed by atoms with E-state index < -0.39 is 0 Å². The highest BCUT2D eigenvalue weighted by Crippen LogP contribution is 1.97. The Morgan fingerprint density at radius 2 is 2.20 bits per heavy atom. The highest BCUT2D eigenvalue weighted by atomic mass is 14.9. The molecule has 54 valence electrons. The molecule has 10 heavy (non-hydrogen) atoms. The van der Waals surface area contributed by atoms with Gasteiger partial charge in [0.25, 0.3) is 0 Å². The SMILES string of the molecule is C[N-]Cc1cnc(C)cn1. The summed E-state index contributed by atoms with van der Waals surface area (Å²) in [6.07, 6.45) is 3.50. The lowest BCUT2D eigenvalue weighted by Crippen LogP contribution is -1.90. The van der Waals surface area contributed by atoms with Gasteiger partial charge in [-0.2, -0.15) is 7.05 Å². The van der Waals surface area contributed by atoms with Gasteiger partial charge in [0.1, 0.15) is 0 Å². The highest BCUT2D eigenvalue weighted by Gasteiger charge is 1.85. The first kappa shape index (κ1) is 7.15. The number of aromatic nitrogens is 2. The summed E-state index contributed by atoms with van der Waals surface area (Å²) in [5, 5.41) is 3.93. The largest absolute Gasteiger partial charge is 0.660 e. The molecule has 1 aromatic heterocycles. The number of aryl methyl sites for hydroxylation is 1. The molecule has 0 spiro atoms. The van der Waals surface area contributed by atoms with E-state index in [1.54, 1.807) is 19.4 Å². The molecule has 3 nitrogen and oxygen atoms in total. The fourth-order valence-corrected chi connectivity index (χ4v) is 0.663. The Kier molecular flexibility index (Phi) is 2.34. The molecule has 1 rings (SSSR count). The molecule has 0 bridgehead atoms. The number of hydrogen-bond donors (Lipinski definition) is 0. The molecule has 0 aliphatic heterocycles. The van der Waals surface area contributed by atoms with E-state index in [4.69, 9.17) is 0 Å². The lowest BCUT2D eigenvalue weighted by Gasteiger charge is -2.08. The summed E-state index contributed by atoms with van der Waals surface area (Å²) < 4.78 is 0. The second kappa shape index (κ2) is 3.27. The van der Waals surface area contributed by atoms with Crippen molar-refractivity contribution in [3.8, 4) is 0 Å². The summed E-state index contributed by atoms with van der Waals surface area (Å²) >= 11 is 0. The van der Waals surface area contributed by atoms with Crippen LogP contribution in [0.2, 0.25) is 0 Å². The molecule has 0 radical (unpaired) electrons. The molecule has 0 aliphatic rings. The van der Waals surface area contributed by atoms with Crippen LogP contribution in [0.25, 0.3) is 5.32 Å². The average molecular weight is 136 g/mol. The van der Waals surface area contributed by atoms with Gasteiger partial charge in [-0.3, -0.25) is 9.97 Å². The average Bonchev–Trinajstić information content (AvgIpc) is 1.95. The summed E-state index contributed by atoms with van der Waals surface area (Å²) in [6, 6.07) is 0. The summed E-state index contributed by atoms with van der Waals surface area (Å²) in [6.45, 7) is 2.58. The summed E-state index contributed by atoms with van der Waals surface area (Å²) in [7, 11) is 1.77. The lowest BCUT2D eigenvalue weighted by atomic mass is 10.4. The van der Waals surface area contributed by atoms with E-state index in [1.807, 2.05) is 6.92 Å². The van der Waals surface area contributed by atoms with Crippen molar-refractivity contribution in [3.63, 3.8) is 0 Å². The Balaban J connectivity index is 2.69. The standard InChI is InChI=1S/C7H10N3/c1-6-3-10-7(4-8-2)5-9-6/h3,5H,4H2,1-2H3/q-1. The van der Waals surface area contributed by atoms with Crippen LogP contribution < -0.4 is 0 Å². The molecule has 3 heteroatoms. The predicted molar refractivity (Wildman–Crippen MR) is 39.8 cm³/mol. The Morgan fingerprint density at radius 1 is 1.40 bits per heavy atom. The normalized spacial score (nSPS) is 9.80. The third kappa shape index (κ3) is 1.77. The quantitative estimate of drug-likeness (QED) is 0.614. The Labute approximate surface area is 60.5 Å². The molecule has 0 saturated carbocycles. The topological polar surface area (TPSA) is 39.9 Å². The molecule has 0 aromatic carbocycles. The van der Waals surface area contributed by atoms with Crippen LogP contribution >= 0.6 is 0 Å². The first-order chi connectivity index (χ1) is 4.83. The van der Waals surface area contributed by atoms with Gasteiger partial charge in [-0.1, -0.05) is 0 Å². The van der Waals surface area contributed by atoms with Gasteiger partial charge in [0.2, 0.25) is 0 Å². The second-order valence-electron chi connectivity index (χ2n) is 2.12. The van der Waals surface area contributed by atoms with Crippen molar-refractivity contribution in [2.45, 2.75) is 13.5 Å². The first-order valence-electron chi connectivity index (χ1n) is 3.16. The number of nitrogens with zero attached hydrogens (tertiary/aromatic N) is 3. The van der Waals surface area contributed by atoms with Crippen LogP contribution in [0.4, 0.5) is 0 Å². The van der Waals surface area contributed by atoms with E-state index in [1.165, 1.54) is 0 Å². The van der Waals surface area contributed by atoms with Crippen LogP contribution in [0.1, 0.15) is 11.4 Å². The van der Waals surface area contributed by atoms with Gasteiger partial charge < -0.3 is 5.32 Å². The molecule has 1 heterocycles. The van der Waals surface area contributed by atoms with Crippen molar-refractivity contribution < 1.29 is 0 Å². The van der Waals surface area contributed by atoms with E-state index in [9.17, 15) is 0 Å². The zero-order chi connectivity index (χ0) is 7.40. The first-order valence-corrected chi connectivity index (χ1v) is 3.16. The van der Waals surface area contributed by atoms with Gasteiger partial charge in [-0.15, -0.1) is 6.54 Å². The van der Waals surface area contributed by atoms with Crippen molar-refractivity contribution in [1.29, 1.82) is 0 Å². The molecular weight excluding hydrogens is 126 g/mol. The Bertz CT molecular complexity index is 193. The fourth-order valence-electron chi connectivity index (χ4n) is 0.663. The van der Waals surface area contributed by atoms with Gasteiger partial charge in [-0.25, -0.2) is 0 Å². The van der Waals surface area contributed by atoms with E-state index in [0.29, 0.717) is 6.54 Å². The van der Waals surface area contributed by atoms with Crippen molar-refractivity contribution in [3.05, 3.63) is 29.1 Å². The van der Waals surface area contributed by atoms with E-state index in [-0.39, 0.29) is 0 Å². The second-order valence-corrected chi connectivity index (χ2v) is 2.12. The van der Waals surface area contributed by atoms with Gasteiger partial charge in [0.15, 0.2) is 0 Å². The smallest absolute Gasteiger partial charge is 0.0555 e. The minimum absolute atomic E-state index is 0.660. The zero-order valence-electron chi connectivity index (χ0n) is 6.20. The van der Waals surface area contributed by atoms with Crippen molar-refractivity contribution >= 4 is 0 Å². The van der Waals surface area contributed by atoms with Crippen LogP contribution in [0.5, 0.6) is 0 Å². The van der Waals surface area contributed by atoms with Crippen LogP contribution in [0.15, 0.2) is 12.4 Å². The maximum Gasteiger partial charge on any atom is 0.0555 e. The molecule has 0 saturated heterocycles. The molecule has 0 atom stereocenters.